The van der Waals surface area contributed by atoms with Crippen LogP contribution >= 0.6 is 12.2 Å². The van der Waals surface area contributed by atoms with Crippen molar-refractivity contribution in [2.24, 2.45) is 0 Å². The van der Waals surface area contributed by atoms with Crippen LogP contribution in [-0.4, -0.2) is 10.9 Å². The second kappa shape index (κ2) is 8.92. The van der Waals surface area contributed by atoms with E-state index in [2.05, 4.69) is 10.6 Å². The number of carbonyl (C=O) groups is 1. The van der Waals surface area contributed by atoms with Crippen LogP contribution in [0.3, 0.4) is 0 Å². The number of thiocarbonyl (C=S) groups is 1. The molecule has 0 spiro atoms. The third kappa shape index (κ3) is 5.01. The van der Waals surface area contributed by atoms with Crippen LogP contribution in [0.1, 0.15) is 28.4 Å². The fourth-order valence-corrected chi connectivity index (χ4v) is 2.97. The molecule has 3 aromatic carbocycles. The van der Waals surface area contributed by atoms with Gasteiger partial charge in [0, 0.05) is 17.7 Å². The summed E-state index contributed by atoms with van der Waals surface area (Å²) in [5, 5.41) is 6.94. The van der Waals surface area contributed by atoms with Gasteiger partial charge >= 0.3 is 0 Å². The van der Waals surface area contributed by atoms with Gasteiger partial charge in [0.15, 0.2) is 10.9 Å². The Bertz CT molecular complexity index is 851. The lowest BCUT2D eigenvalue weighted by molar-refractivity contribution is 0.0971. The number of carbonyl (C=O) groups excluding carboxylic acids is 1. The molecule has 26 heavy (non-hydrogen) atoms. The van der Waals surface area contributed by atoms with Gasteiger partial charge in [-0.05, 0) is 29.9 Å². The van der Waals surface area contributed by atoms with E-state index in [-0.39, 0.29) is 11.8 Å². The Hall–Kier alpha value is -2.98. The average Bonchev–Trinajstić information content (AvgIpc) is 2.69. The van der Waals surface area contributed by atoms with Crippen molar-refractivity contribution in [3.05, 3.63) is 102 Å². The molecule has 0 fully saturated rings. The molecular weight excluding hydrogens is 340 g/mol. The first kappa shape index (κ1) is 17.8. The lowest BCUT2D eigenvalue weighted by Gasteiger charge is -2.21. The number of benzene rings is 3. The minimum Gasteiger partial charge on any atom is -0.355 e. The largest absolute Gasteiger partial charge is 0.355 e. The standard InChI is InChI=1S/C22H20N2OS/c25-21(18-12-6-2-7-13-18)16-20(17-10-4-1-5-11-17)24-22(26)23-19-14-8-3-9-15-19/h1-15,20H,16H2,(H2,23,24,26)/t20-/m1/s1. The van der Waals surface area contributed by atoms with E-state index in [1.807, 2.05) is 91.0 Å². The van der Waals surface area contributed by atoms with Crippen molar-refractivity contribution in [1.29, 1.82) is 0 Å². The molecule has 0 aromatic heterocycles. The smallest absolute Gasteiger partial charge is 0.171 e. The predicted octanol–water partition coefficient (Wildman–Crippen LogP) is 4.99. The van der Waals surface area contributed by atoms with E-state index >= 15 is 0 Å². The monoisotopic (exact) mass is 360 g/mol. The second-order valence-electron chi connectivity index (χ2n) is 5.92. The summed E-state index contributed by atoms with van der Waals surface area (Å²) in [6, 6.07) is 28.7. The van der Waals surface area contributed by atoms with Gasteiger partial charge in [-0.1, -0.05) is 78.9 Å². The van der Waals surface area contributed by atoms with E-state index < -0.39 is 0 Å². The highest BCUT2D eigenvalue weighted by Gasteiger charge is 2.18. The fraction of sp³-hybridized carbons (Fsp3) is 0.0909. The summed E-state index contributed by atoms with van der Waals surface area (Å²) in [5.74, 6) is 0.0782. The summed E-state index contributed by atoms with van der Waals surface area (Å²) in [6.07, 6.45) is 0.324. The molecule has 0 aliphatic heterocycles. The van der Waals surface area contributed by atoms with Crippen LogP contribution < -0.4 is 10.6 Å². The molecule has 0 unspecified atom stereocenters. The zero-order chi connectivity index (χ0) is 18.2. The minimum absolute atomic E-state index is 0.0782. The molecule has 0 amide bonds. The van der Waals surface area contributed by atoms with Gasteiger partial charge in [-0.3, -0.25) is 4.79 Å². The number of anilines is 1. The van der Waals surface area contributed by atoms with Crippen LogP contribution in [0.15, 0.2) is 91.0 Å². The minimum atomic E-state index is -0.201. The van der Waals surface area contributed by atoms with Crippen molar-refractivity contribution in [2.75, 3.05) is 5.32 Å². The van der Waals surface area contributed by atoms with Crippen LogP contribution in [0.5, 0.6) is 0 Å². The first-order valence-electron chi connectivity index (χ1n) is 8.48. The molecule has 0 heterocycles. The number of rotatable bonds is 6. The second-order valence-corrected chi connectivity index (χ2v) is 6.33. The summed E-state index contributed by atoms with van der Waals surface area (Å²) < 4.78 is 0. The summed E-state index contributed by atoms with van der Waals surface area (Å²) in [7, 11) is 0. The zero-order valence-corrected chi connectivity index (χ0v) is 15.1. The molecular formula is C22H20N2OS. The number of para-hydroxylation sites is 1. The van der Waals surface area contributed by atoms with Gasteiger partial charge in [-0.25, -0.2) is 0 Å². The normalized spacial score (nSPS) is 11.4. The number of ketones is 1. The van der Waals surface area contributed by atoms with Crippen molar-refractivity contribution in [3.63, 3.8) is 0 Å². The van der Waals surface area contributed by atoms with Crippen LogP contribution in [0, 0.1) is 0 Å². The van der Waals surface area contributed by atoms with Crippen molar-refractivity contribution >= 4 is 28.8 Å². The number of hydrogen-bond donors (Lipinski definition) is 2. The van der Waals surface area contributed by atoms with E-state index in [1.165, 1.54) is 0 Å². The number of hydrogen-bond acceptors (Lipinski definition) is 2. The Morgan fingerprint density at radius 2 is 1.35 bits per heavy atom. The molecule has 0 aliphatic rings. The molecule has 0 saturated carbocycles. The lowest BCUT2D eigenvalue weighted by atomic mass is 9.98. The Morgan fingerprint density at radius 3 is 1.96 bits per heavy atom. The summed E-state index contributed by atoms with van der Waals surface area (Å²) in [4.78, 5) is 12.7. The molecule has 4 heteroatoms. The van der Waals surface area contributed by atoms with Crippen molar-refractivity contribution in [3.8, 4) is 0 Å². The lowest BCUT2D eigenvalue weighted by Crippen LogP contribution is -2.33. The number of Topliss-reactive ketones (excluding diaryl/α,β-unsaturated/α-hetero) is 1. The molecule has 2 N–H and O–H groups in total. The van der Waals surface area contributed by atoms with Crippen LogP contribution in [0.25, 0.3) is 0 Å². The van der Waals surface area contributed by atoms with E-state index in [4.69, 9.17) is 12.2 Å². The molecule has 0 radical (unpaired) electrons. The average molecular weight is 360 g/mol. The van der Waals surface area contributed by atoms with E-state index in [9.17, 15) is 4.79 Å². The summed E-state index contributed by atoms with van der Waals surface area (Å²) >= 11 is 5.45. The highest BCUT2D eigenvalue weighted by atomic mass is 32.1. The molecule has 3 nitrogen and oxygen atoms in total. The Labute approximate surface area is 159 Å². The third-order valence-corrected chi connectivity index (χ3v) is 4.24. The third-order valence-electron chi connectivity index (χ3n) is 4.02. The van der Waals surface area contributed by atoms with Crippen molar-refractivity contribution in [1.82, 2.24) is 5.32 Å². The topological polar surface area (TPSA) is 41.1 Å². The fourth-order valence-electron chi connectivity index (χ4n) is 2.71. The van der Waals surface area contributed by atoms with Crippen molar-refractivity contribution in [2.45, 2.75) is 12.5 Å². The van der Waals surface area contributed by atoms with Gasteiger partial charge in [0.1, 0.15) is 0 Å². The van der Waals surface area contributed by atoms with Gasteiger partial charge in [0.05, 0.1) is 6.04 Å². The van der Waals surface area contributed by atoms with Crippen LogP contribution in [0.2, 0.25) is 0 Å². The Balaban J connectivity index is 1.73. The molecule has 0 bridgehead atoms. The molecule has 3 rings (SSSR count). The van der Waals surface area contributed by atoms with E-state index in [0.29, 0.717) is 17.1 Å². The van der Waals surface area contributed by atoms with Crippen LogP contribution in [0.4, 0.5) is 5.69 Å². The molecule has 130 valence electrons. The quantitative estimate of drug-likeness (QED) is 0.480. The maximum absolute atomic E-state index is 12.7. The number of nitrogens with one attached hydrogen (secondary N) is 2. The molecule has 0 saturated heterocycles. The van der Waals surface area contributed by atoms with Gasteiger partial charge < -0.3 is 10.6 Å². The van der Waals surface area contributed by atoms with Gasteiger partial charge in [-0.2, -0.15) is 0 Å². The predicted molar refractivity (Wildman–Crippen MR) is 110 cm³/mol. The molecule has 0 aliphatic carbocycles. The molecule has 1 atom stereocenters. The summed E-state index contributed by atoms with van der Waals surface area (Å²) in [5.41, 5.74) is 2.64. The van der Waals surface area contributed by atoms with Crippen LogP contribution in [-0.2, 0) is 0 Å². The van der Waals surface area contributed by atoms with E-state index in [1.54, 1.807) is 0 Å². The maximum atomic E-state index is 12.7. The first-order valence-corrected chi connectivity index (χ1v) is 8.89. The highest BCUT2D eigenvalue weighted by molar-refractivity contribution is 7.80. The Morgan fingerprint density at radius 1 is 0.808 bits per heavy atom. The Kier molecular flexibility index (Phi) is 6.12. The van der Waals surface area contributed by atoms with Gasteiger partial charge in [0.25, 0.3) is 0 Å². The highest BCUT2D eigenvalue weighted by Crippen LogP contribution is 2.20. The van der Waals surface area contributed by atoms with Gasteiger partial charge in [0.2, 0.25) is 0 Å². The van der Waals surface area contributed by atoms with Gasteiger partial charge in [-0.15, -0.1) is 0 Å². The maximum Gasteiger partial charge on any atom is 0.171 e. The molecule has 3 aromatic rings. The van der Waals surface area contributed by atoms with E-state index in [0.717, 1.165) is 11.3 Å². The van der Waals surface area contributed by atoms with Crippen molar-refractivity contribution < 1.29 is 4.79 Å². The first-order chi connectivity index (χ1) is 12.7. The SMILES string of the molecule is O=C(C[C@@H](NC(=S)Nc1ccccc1)c1ccccc1)c1ccccc1. The summed E-state index contributed by atoms with van der Waals surface area (Å²) in [6.45, 7) is 0. The zero-order valence-electron chi connectivity index (χ0n) is 14.3.